The average molecular weight is 389 g/mol. The third-order valence-electron chi connectivity index (χ3n) is 4.19. The highest BCUT2D eigenvalue weighted by atomic mass is 79.9. The van der Waals surface area contributed by atoms with Crippen LogP contribution in [0.25, 0.3) is 0 Å². The Labute approximate surface area is 153 Å². The number of hydrogen-bond acceptors (Lipinski definition) is 2. The maximum Gasteiger partial charge on any atom is 0.238 e. The van der Waals surface area contributed by atoms with Gasteiger partial charge in [-0.25, -0.2) is 0 Å². The minimum Gasteiger partial charge on any atom is -0.324 e. The molecule has 3 nitrogen and oxygen atoms in total. The fourth-order valence-electron chi connectivity index (χ4n) is 2.79. The van der Waals surface area contributed by atoms with Crippen molar-refractivity contribution in [1.82, 2.24) is 5.32 Å². The van der Waals surface area contributed by atoms with Crippen molar-refractivity contribution in [3.63, 3.8) is 0 Å². The van der Waals surface area contributed by atoms with Crippen LogP contribution < -0.4 is 10.6 Å². The van der Waals surface area contributed by atoms with Gasteiger partial charge in [-0.3, -0.25) is 4.79 Å². The lowest BCUT2D eigenvalue weighted by molar-refractivity contribution is -0.115. The van der Waals surface area contributed by atoms with Gasteiger partial charge in [0.05, 0.1) is 6.54 Å². The molecule has 0 aromatic heterocycles. The quantitative estimate of drug-likeness (QED) is 0.700. The van der Waals surface area contributed by atoms with E-state index >= 15 is 0 Å². The third-order valence-corrected chi connectivity index (χ3v) is 4.72. The zero-order valence-corrected chi connectivity index (χ0v) is 16.1. The first-order valence-corrected chi connectivity index (χ1v) is 9.21. The molecule has 0 fully saturated rings. The SMILES string of the molecule is CCc1cccc(C)c1NC(=O)CN[C@H](CC)c1ccc(Br)cc1. The van der Waals surface area contributed by atoms with Crippen molar-refractivity contribution >= 4 is 27.5 Å². The fourth-order valence-corrected chi connectivity index (χ4v) is 3.06. The number of amides is 1. The highest BCUT2D eigenvalue weighted by molar-refractivity contribution is 9.10. The summed E-state index contributed by atoms with van der Waals surface area (Å²) in [4.78, 5) is 12.4. The molecule has 4 heteroatoms. The van der Waals surface area contributed by atoms with Gasteiger partial charge in [0, 0.05) is 16.2 Å². The standard InChI is InChI=1S/C20H25BrN2O/c1-4-15-8-6-7-14(3)20(15)23-19(24)13-22-18(5-2)16-9-11-17(21)12-10-16/h6-12,18,22H,4-5,13H2,1-3H3,(H,23,24)/t18-/m1/s1. The molecule has 24 heavy (non-hydrogen) atoms. The Balaban J connectivity index is 1.98. The van der Waals surface area contributed by atoms with Crippen LogP contribution in [-0.4, -0.2) is 12.5 Å². The molecule has 2 aromatic rings. The van der Waals surface area contributed by atoms with Crippen LogP contribution in [0.5, 0.6) is 0 Å². The van der Waals surface area contributed by atoms with Crippen LogP contribution in [0.3, 0.4) is 0 Å². The van der Waals surface area contributed by atoms with E-state index in [0.29, 0.717) is 6.54 Å². The molecule has 0 aliphatic heterocycles. The van der Waals surface area contributed by atoms with E-state index in [-0.39, 0.29) is 11.9 Å². The summed E-state index contributed by atoms with van der Waals surface area (Å²) in [6.07, 6.45) is 1.83. The lowest BCUT2D eigenvalue weighted by Crippen LogP contribution is -2.31. The first-order chi connectivity index (χ1) is 11.5. The van der Waals surface area contributed by atoms with Gasteiger partial charge in [-0.2, -0.15) is 0 Å². The number of carbonyl (C=O) groups is 1. The zero-order chi connectivity index (χ0) is 17.5. The molecule has 0 saturated heterocycles. The number of hydrogen-bond donors (Lipinski definition) is 2. The number of aryl methyl sites for hydroxylation is 2. The Morgan fingerprint density at radius 2 is 1.83 bits per heavy atom. The Hall–Kier alpha value is -1.65. The van der Waals surface area contributed by atoms with Crippen molar-refractivity contribution < 1.29 is 4.79 Å². The number of anilines is 1. The summed E-state index contributed by atoms with van der Waals surface area (Å²) in [5.74, 6) is -0.00504. The van der Waals surface area contributed by atoms with Crippen molar-refractivity contribution in [2.24, 2.45) is 0 Å². The number of halogens is 1. The number of rotatable bonds is 7. The molecule has 1 atom stereocenters. The number of nitrogens with one attached hydrogen (secondary N) is 2. The summed E-state index contributed by atoms with van der Waals surface area (Å²) in [5, 5.41) is 6.42. The molecule has 0 unspecified atom stereocenters. The Morgan fingerprint density at radius 3 is 2.46 bits per heavy atom. The topological polar surface area (TPSA) is 41.1 Å². The van der Waals surface area contributed by atoms with E-state index in [2.05, 4.69) is 58.6 Å². The number of para-hydroxylation sites is 1. The molecular formula is C20H25BrN2O. The van der Waals surface area contributed by atoms with Gasteiger partial charge in [-0.1, -0.05) is 60.1 Å². The monoisotopic (exact) mass is 388 g/mol. The van der Waals surface area contributed by atoms with Crippen LogP contribution in [0.15, 0.2) is 46.9 Å². The van der Waals surface area contributed by atoms with Crippen molar-refractivity contribution in [2.45, 2.75) is 39.7 Å². The van der Waals surface area contributed by atoms with E-state index in [1.807, 2.05) is 31.2 Å². The second-order valence-corrected chi connectivity index (χ2v) is 6.82. The predicted octanol–water partition coefficient (Wildman–Crippen LogP) is 5.00. The molecule has 0 saturated carbocycles. The molecule has 0 aliphatic carbocycles. The molecule has 2 N–H and O–H groups in total. The minimum absolute atomic E-state index is 0.00504. The Bertz CT molecular complexity index is 683. The molecule has 0 heterocycles. The first kappa shape index (κ1) is 18.7. The lowest BCUT2D eigenvalue weighted by atomic mass is 10.0. The van der Waals surface area contributed by atoms with Crippen molar-refractivity contribution in [3.8, 4) is 0 Å². The van der Waals surface area contributed by atoms with Crippen molar-refractivity contribution in [3.05, 3.63) is 63.6 Å². The highest BCUT2D eigenvalue weighted by Gasteiger charge is 2.12. The normalized spacial score (nSPS) is 12.0. The summed E-state index contributed by atoms with van der Waals surface area (Å²) in [6, 6.07) is 14.5. The Kier molecular flexibility index (Phi) is 7.00. The van der Waals surface area contributed by atoms with Gasteiger partial charge in [-0.05, 0) is 48.6 Å². The lowest BCUT2D eigenvalue weighted by Gasteiger charge is -2.18. The van der Waals surface area contributed by atoms with Gasteiger partial charge in [0.15, 0.2) is 0 Å². The average Bonchev–Trinajstić information content (AvgIpc) is 2.58. The molecule has 0 aliphatic rings. The van der Waals surface area contributed by atoms with E-state index in [0.717, 1.165) is 28.6 Å². The van der Waals surface area contributed by atoms with E-state index < -0.39 is 0 Å². The summed E-state index contributed by atoms with van der Waals surface area (Å²) < 4.78 is 1.06. The molecule has 0 spiro atoms. The molecule has 128 valence electrons. The van der Waals surface area contributed by atoms with Crippen molar-refractivity contribution in [1.29, 1.82) is 0 Å². The summed E-state index contributed by atoms with van der Waals surface area (Å²) >= 11 is 3.45. The highest BCUT2D eigenvalue weighted by Crippen LogP contribution is 2.22. The van der Waals surface area contributed by atoms with Gasteiger partial charge in [0.1, 0.15) is 0 Å². The predicted molar refractivity (Wildman–Crippen MR) is 104 cm³/mol. The van der Waals surface area contributed by atoms with Gasteiger partial charge in [0.25, 0.3) is 0 Å². The Morgan fingerprint density at radius 1 is 1.12 bits per heavy atom. The van der Waals surface area contributed by atoms with E-state index in [1.165, 1.54) is 11.1 Å². The van der Waals surface area contributed by atoms with Crippen molar-refractivity contribution in [2.75, 3.05) is 11.9 Å². The summed E-state index contributed by atoms with van der Waals surface area (Å²) in [6.45, 7) is 6.54. The van der Waals surface area contributed by atoms with Gasteiger partial charge in [-0.15, -0.1) is 0 Å². The second kappa shape index (κ2) is 9.00. The fraction of sp³-hybridized carbons (Fsp3) is 0.350. The van der Waals surface area contributed by atoms with Crippen LogP contribution in [0.1, 0.15) is 43.0 Å². The van der Waals surface area contributed by atoms with E-state index in [1.54, 1.807) is 0 Å². The van der Waals surface area contributed by atoms with Gasteiger partial charge < -0.3 is 10.6 Å². The maximum atomic E-state index is 12.4. The maximum absolute atomic E-state index is 12.4. The number of benzene rings is 2. The smallest absolute Gasteiger partial charge is 0.238 e. The van der Waals surface area contributed by atoms with Crippen LogP contribution in [0.4, 0.5) is 5.69 Å². The third kappa shape index (κ3) is 4.92. The molecule has 1 amide bonds. The van der Waals surface area contributed by atoms with Crippen LogP contribution >= 0.6 is 15.9 Å². The van der Waals surface area contributed by atoms with Crippen LogP contribution in [0, 0.1) is 6.92 Å². The first-order valence-electron chi connectivity index (χ1n) is 8.42. The van der Waals surface area contributed by atoms with Crippen LogP contribution in [0.2, 0.25) is 0 Å². The van der Waals surface area contributed by atoms with Crippen LogP contribution in [-0.2, 0) is 11.2 Å². The van der Waals surface area contributed by atoms with Gasteiger partial charge in [0.2, 0.25) is 5.91 Å². The summed E-state index contributed by atoms with van der Waals surface area (Å²) in [7, 11) is 0. The van der Waals surface area contributed by atoms with Gasteiger partial charge >= 0.3 is 0 Å². The van der Waals surface area contributed by atoms with E-state index in [4.69, 9.17) is 0 Å². The minimum atomic E-state index is -0.00504. The van der Waals surface area contributed by atoms with E-state index in [9.17, 15) is 4.79 Å². The molecule has 2 rings (SSSR count). The molecule has 2 aromatic carbocycles. The largest absolute Gasteiger partial charge is 0.324 e. The second-order valence-electron chi connectivity index (χ2n) is 5.90. The number of carbonyl (C=O) groups excluding carboxylic acids is 1. The molecular weight excluding hydrogens is 364 g/mol. The molecule has 0 bridgehead atoms. The molecule has 0 radical (unpaired) electrons. The zero-order valence-electron chi connectivity index (χ0n) is 14.5. The summed E-state index contributed by atoms with van der Waals surface area (Å²) in [5.41, 5.74) is 4.41.